The van der Waals surface area contributed by atoms with Gasteiger partial charge >= 0.3 is 0 Å². The molecular weight excluding hydrogens is 322 g/mol. The molecule has 0 unspecified atom stereocenters. The van der Waals surface area contributed by atoms with Crippen LogP contribution in [0.5, 0.6) is 0 Å². The highest BCUT2D eigenvalue weighted by Gasteiger charge is 2.17. The first-order valence-corrected chi connectivity index (χ1v) is 9.48. The van der Waals surface area contributed by atoms with Crippen LogP contribution in [0.3, 0.4) is 0 Å². The maximum atomic E-state index is 11.9. The molecule has 0 atom stereocenters. The number of carbonyl (C=O) groups excluding carboxylic acids is 1. The zero-order valence-electron chi connectivity index (χ0n) is 16.0. The van der Waals surface area contributed by atoms with Gasteiger partial charge in [-0.05, 0) is 54.8 Å². The summed E-state index contributed by atoms with van der Waals surface area (Å²) in [4.78, 5) is 16.7. The number of hydrogen-bond acceptors (Lipinski definition) is 3. The van der Waals surface area contributed by atoms with Crippen LogP contribution in [0.2, 0.25) is 0 Å². The van der Waals surface area contributed by atoms with Gasteiger partial charge in [-0.2, -0.15) is 0 Å². The number of nitrogens with one attached hydrogen (secondary N) is 1. The van der Waals surface area contributed by atoms with Crippen molar-refractivity contribution in [1.82, 2.24) is 0 Å². The lowest BCUT2D eigenvalue weighted by Crippen LogP contribution is -2.46. The number of aryl methyl sites for hydroxylation is 1. The van der Waals surface area contributed by atoms with Crippen LogP contribution < -0.4 is 15.1 Å². The molecule has 1 saturated heterocycles. The summed E-state index contributed by atoms with van der Waals surface area (Å²) >= 11 is 0. The van der Waals surface area contributed by atoms with Crippen LogP contribution in [-0.4, -0.2) is 32.1 Å². The molecule has 3 rings (SSSR count). The fourth-order valence-corrected chi connectivity index (χ4v) is 3.39. The zero-order valence-corrected chi connectivity index (χ0v) is 16.0. The number of piperazine rings is 1. The summed E-state index contributed by atoms with van der Waals surface area (Å²) in [7, 11) is 0. The molecule has 0 bridgehead atoms. The smallest absolute Gasteiger partial charge is 0.224 e. The zero-order chi connectivity index (χ0) is 18.5. The van der Waals surface area contributed by atoms with E-state index in [4.69, 9.17) is 0 Å². The van der Waals surface area contributed by atoms with Crippen LogP contribution in [0.25, 0.3) is 0 Å². The summed E-state index contributed by atoms with van der Waals surface area (Å²) in [6, 6.07) is 16.9. The maximum Gasteiger partial charge on any atom is 0.224 e. The van der Waals surface area contributed by atoms with E-state index in [2.05, 4.69) is 72.3 Å². The number of rotatable bonds is 5. The van der Waals surface area contributed by atoms with Gasteiger partial charge in [-0.1, -0.05) is 26.0 Å². The van der Waals surface area contributed by atoms with E-state index in [9.17, 15) is 4.79 Å². The first-order chi connectivity index (χ1) is 12.5. The number of anilines is 3. The van der Waals surface area contributed by atoms with Crippen molar-refractivity contribution in [1.29, 1.82) is 0 Å². The molecule has 2 aromatic rings. The van der Waals surface area contributed by atoms with Crippen molar-refractivity contribution in [2.24, 2.45) is 5.92 Å². The molecule has 26 heavy (non-hydrogen) atoms. The van der Waals surface area contributed by atoms with Gasteiger partial charge in [0.15, 0.2) is 0 Å². The predicted molar refractivity (Wildman–Crippen MR) is 110 cm³/mol. The second kappa shape index (κ2) is 8.26. The Morgan fingerprint density at radius 3 is 2.15 bits per heavy atom. The van der Waals surface area contributed by atoms with Gasteiger partial charge in [-0.15, -0.1) is 0 Å². The Bertz CT molecular complexity index is 731. The summed E-state index contributed by atoms with van der Waals surface area (Å²) in [6.45, 7) is 10.3. The average molecular weight is 351 g/mol. The average Bonchev–Trinajstić information content (AvgIpc) is 2.62. The molecule has 1 aliphatic heterocycles. The molecule has 2 aromatic carbocycles. The van der Waals surface area contributed by atoms with Crippen molar-refractivity contribution >= 4 is 23.0 Å². The second-order valence-electron chi connectivity index (χ2n) is 7.51. The van der Waals surface area contributed by atoms with Gasteiger partial charge < -0.3 is 15.1 Å². The Morgan fingerprint density at radius 1 is 0.962 bits per heavy atom. The Labute approximate surface area is 156 Å². The minimum atomic E-state index is 0.0829. The monoisotopic (exact) mass is 351 g/mol. The summed E-state index contributed by atoms with van der Waals surface area (Å²) in [5.74, 6) is 0.457. The molecule has 138 valence electrons. The molecular formula is C22H29N3O. The minimum absolute atomic E-state index is 0.0829. The number of benzene rings is 2. The summed E-state index contributed by atoms with van der Waals surface area (Å²) in [5.41, 5.74) is 4.71. The van der Waals surface area contributed by atoms with Gasteiger partial charge in [0.25, 0.3) is 0 Å². The standard InChI is InChI=1S/C22H29N3O/c1-17(2)15-22(26)23-19-7-9-20(10-8-19)24-11-13-25(14-12-24)21-6-4-5-18(3)16-21/h4-10,16-17H,11-15H2,1-3H3,(H,23,26). The molecule has 1 fully saturated rings. The molecule has 4 nitrogen and oxygen atoms in total. The Morgan fingerprint density at radius 2 is 1.58 bits per heavy atom. The molecule has 0 spiro atoms. The lowest BCUT2D eigenvalue weighted by molar-refractivity contribution is -0.116. The van der Waals surface area contributed by atoms with Gasteiger partial charge in [0.1, 0.15) is 0 Å². The largest absolute Gasteiger partial charge is 0.368 e. The fourth-order valence-electron chi connectivity index (χ4n) is 3.39. The third-order valence-corrected chi connectivity index (χ3v) is 4.76. The topological polar surface area (TPSA) is 35.6 Å². The van der Waals surface area contributed by atoms with Gasteiger partial charge in [0.05, 0.1) is 0 Å². The van der Waals surface area contributed by atoms with Gasteiger partial charge in [0.2, 0.25) is 5.91 Å². The Balaban J connectivity index is 1.55. The molecule has 4 heteroatoms. The second-order valence-corrected chi connectivity index (χ2v) is 7.51. The number of nitrogens with zero attached hydrogens (tertiary/aromatic N) is 2. The highest BCUT2D eigenvalue weighted by atomic mass is 16.1. The molecule has 1 aliphatic rings. The predicted octanol–water partition coefficient (Wildman–Crippen LogP) is 4.31. The Kier molecular flexibility index (Phi) is 5.82. The highest BCUT2D eigenvalue weighted by molar-refractivity contribution is 5.91. The first kappa shape index (κ1) is 18.3. The van der Waals surface area contributed by atoms with E-state index in [0.29, 0.717) is 12.3 Å². The lowest BCUT2D eigenvalue weighted by Gasteiger charge is -2.37. The third-order valence-electron chi connectivity index (χ3n) is 4.76. The summed E-state index contributed by atoms with van der Waals surface area (Å²) in [6.07, 6.45) is 0.558. The van der Waals surface area contributed by atoms with E-state index >= 15 is 0 Å². The van der Waals surface area contributed by atoms with Crippen LogP contribution in [0.4, 0.5) is 17.1 Å². The first-order valence-electron chi connectivity index (χ1n) is 9.48. The third kappa shape index (κ3) is 4.78. The van der Waals surface area contributed by atoms with Crippen LogP contribution in [-0.2, 0) is 4.79 Å². The molecule has 1 heterocycles. The highest BCUT2D eigenvalue weighted by Crippen LogP contribution is 2.23. The van der Waals surface area contributed by atoms with Crippen molar-refractivity contribution in [3.8, 4) is 0 Å². The van der Waals surface area contributed by atoms with Crippen molar-refractivity contribution in [2.45, 2.75) is 27.2 Å². The normalized spacial score (nSPS) is 14.6. The molecule has 1 N–H and O–H groups in total. The van der Waals surface area contributed by atoms with Crippen molar-refractivity contribution < 1.29 is 4.79 Å². The van der Waals surface area contributed by atoms with Crippen molar-refractivity contribution in [3.05, 3.63) is 54.1 Å². The van der Waals surface area contributed by atoms with Crippen molar-refractivity contribution in [3.63, 3.8) is 0 Å². The number of carbonyl (C=O) groups is 1. The summed E-state index contributed by atoms with van der Waals surface area (Å²) < 4.78 is 0. The van der Waals surface area contributed by atoms with Gasteiger partial charge in [-0.25, -0.2) is 0 Å². The summed E-state index contributed by atoms with van der Waals surface area (Å²) in [5, 5.41) is 2.97. The van der Waals surface area contributed by atoms with Gasteiger partial charge in [0, 0.05) is 49.7 Å². The van der Waals surface area contributed by atoms with E-state index in [0.717, 1.165) is 31.9 Å². The van der Waals surface area contributed by atoms with Gasteiger partial charge in [-0.3, -0.25) is 4.79 Å². The lowest BCUT2D eigenvalue weighted by atomic mass is 10.1. The van der Waals surface area contributed by atoms with Crippen LogP contribution >= 0.6 is 0 Å². The van der Waals surface area contributed by atoms with E-state index < -0.39 is 0 Å². The minimum Gasteiger partial charge on any atom is -0.368 e. The SMILES string of the molecule is Cc1cccc(N2CCN(c3ccc(NC(=O)CC(C)C)cc3)CC2)c1. The maximum absolute atomic E-state index is 11.9. The van der Waals surface area contributed by atoms with E-state index in [-0.39, 0.29) is 5.91 Å². The molecule has 0 saturated carbocycles. The molecule has 0 radical (unpaired) electrons. The van der Waals surface area contributed by atoms with E-state index in [1.54, 1.807) is 0 Å². The van der Waals surface area contributed by atoms with Crippen LogP contribution in [0.1, 0.15) is 25.8 Å². The van der Waals surface area contributed by atoms with E-state index in [1.807, 2.05) is 12.1 Å². The quantitative estimate of drug-likeness (QED) is 0.872. The Hall–Kier alpha value is -2.49. The molecule has 0 aliphatic carbocycles. The van der Waals surface area contributed by atoms with E-state index in [1.165, 1.54) is 16.9 Å². The molecule has 0 aromatic heterocycles. The van der Waals surface area contributed by atoms with Crippen LogP contribution in [0.15, 0.2) is 48.5 Å². The fraction of sp³-hybridized carbons (Fsp3) is 0.409. The van der Waals surface area contributed by atoms with Crippen molar-refractivity contribution in [2.75, 3.05) is 41.3 Å². The molecule has 1 amide bonds. The number of hydrogen-bond donors (Lipinski definition) is 1. The number of amides is 1. The van der Waals surface area contributed by atoms with Crippen LogP contribution in [0, 0.1) is 12.8 Å².